The molecule has 0 aliphatic rings. The molecule has 2 aromatic carbocycles. The van der Waals surface area contributed by atoms with Gasteiger partial charge >= 0.3 is 0 Å². The number of aromatic nitrogens is 2. The van der Waals surface area contributed by atoms with E-state index in [4.69, 9.17) is 0 Å². The smallest absolute Gasteiger partial charge is 0.251 e. The van der Waals surface area contributed by atoms with Crippen LogP contribution in [0.25, 0.3) is 16.8 Å². The van der Waals surface area contributed by atoms with Crippen molar-refractivity contribution >= 4 is 17.6 Å². The van der Waals surface area contributed by atoms with Gasteiger partial charge < -0.3 is 10.6 Å². The molecular formula is C24H28N4O2. The van der Waals surface area contributed by atoms with Crippen molar-refractivity contribution in [2.75, 3.05) is 5.32 Å². The summed E-state index contributed by atoms with van der Waals surface area (Å²) in [5.74, 6) is 0.318. The summed E-state index contributed by atoms with van der Waals surface area (Å²) in [4.78, 5) is 24.4. The third-order valence-corrected chi connectivity index (χ3v) is 5.13. The summed E-state index contributed by atoms with van der Waals surface area (Å²) in [6.45, 7) is 9.42. The topological polar surface area (TPSA) is 76.0 Å². The van der Waals surface area contributed by atoms with Crippen molar-refractivity contribution in [1.29, 1.82) is 0 Å². The number of hydrogen-bond acceptors (Lipinski definition) is 3. The Hall–Kier alpha value is -3.41. The fourth-order valence-corrected chi connectivity index (χ4v) is 3.17. The first-order valence-corrected chi connectivity index (χ1v) is 10.1. The van der Waals surface area contributed by atoms with Gasteiger partial charge in [-0.3, -0.25) is 9.59 Å². The second-order valence-corrected chi connectivity index (χ2v) is 8.01. The normalized spacial score (nSPS) is 11.2. The number of nitrogens with zero attached hydrogens (tertiary/aromatic N) is 2. The third-order valence-electron chi connectivity index (χ3n) is 5.13. The van der Waals surface area contributed by atoms with Crippen LogP contribution < -0.4 is 10.6 Å². The van der Waals surface area contributed by atoms with Crippen LogP contribution in [0.2, 0.25) is 0 Å². The molecule has 2 amide bonds. The summed E-state index contributed by atoms with van der Waals surface area (Å²) in [5.41, 5.74) is 3.72. The lowest BCUT2D eigenvalue weighted by Crippen LogP contribution is -2.42. The second-order valence-electron chi connectivity index (χ2n) is 8.01. The number of hydrogen-bond donors (Lipinski definition) is 2. The first kappa shape index (κ1) is 21.3. The summed E-state index contributed by atoms with van der Waals surface area (Å²) >= 11 is 0. The molecule has 0 saturated heterocycles. The van der Waals surface area contributed by atoms with Crippen molar-refractivity contribution in [3.8, 4) is 16.8 Å². The summed E-state index contributed by atoms with van der Waals surface area (Å²) in [6, 6.07) is 17.0. The molecule has 6 heteroatoms. The van der Waals surface area contributed by atoms with Gasteiger partial charge in [-0.2, -0.15) is 5.10 Å². The average molecular weight is 405 g/mol. The number of amides is 2. The van der Waals surface area contributed by atoms with Crippen molar-refractivity contribution in [2.24, 2.45) is 0 Å². The quantitative estimate of drug-likeness (QED) is 0.624. The highest BCUT2D eigenvalue weighted by atomic mass is 16.2. The van der Waals surface area contributed by atoms with E-state index in [0.717, 1.165) is 28.9 Å². The van der Waals surface area contributed by atoms with Crippen LogP contribution >= 0.6 is 0 Å². The molecule has 0 radical (unpaired) electrons. The van der Waals surface area contributed by atoms with Gasteiger partial charge in [-0.05, 0) is 57.0 Å². The monoisotopic (exact) mass is 404 g/mol. The van der Waals surface area contributed by atoms with E-state index in [1.807, 2.05) is 70.2 Å². The molecule has 156 valence electrons. The highest BCUT2D eigenvalue weighted by Crippen LogP contribution is 2.33. The maximum absolute atomic E-state index is 12.5. The van der Waals surface area contributed by atoms with E-state index in [1.54, 1.807) is 16.8 Å². The molecule has 2 N–H and O–H groups in total. The Kier molecular flexibility index (Phi) is 6.06. The highest BCUT2D eigenvalue weighted by Gasteiger charge is 2.21. The molecule has 1 heterocycles. The molecule has 3 rings (SSSR count). The maximum atomic E-state index is 12.5. The zero-order valence-corrected chi connectivity index (χ0v) is 18.1. The molecule has 1 aromatic heterocycles. The second kappa shape index (κ2) is 8.53. The van der Waals surface area contributed by atoms with Gasteiger partial charge in [-0.1, -0.05) is 37.3 Å². The average Bonchev–Trinajstić information content (AvgIpc) is 3.03. The first-order valence-electron chi connectivity index (χ1n) is 10.1. The Bertz CT molecular complexity index is 1050. The fourth-order valence-electron chi connectivity index (χ4n) is 3.17. The van der Waals surface area contributed by atoms with Crippen LogP contribution in [0.5, 0.6) is 0 Å². The fraction of sp³-hybridized carbons (Fsp3) is 0.292. The number of carbonyl (C=O) groups is 2. The lowest BCUT2D eigenvalue weighted by molar-refractivity contribution is -0.114. The van der Waals surface area contributed by atoms with E-state index >= 15 is 0 Å². The molecule has 6 nitrogen and oxygen atoms in total. The van der Waals surface area contributed by atoms with E-state index in [-0.39, 0.29) is 17.4 Å². The molecule has 0 saturated carbocycles. The maximum Gasteiger partial charge on any atom is 0.251 e. The van der Waals surface area contributed by atoms with Gasteiger partial charge in [0.25, 0.3) is 5.91 Å². The van der Waals surface area contributed by atoms with Crippen molar-refractivity contribution in [1.82, 2.24) is 15.1 Å². The Labute approximate surface area is 177 Å². The largest absolute Gasteiger partial charge is 0.347 e. The zero-order valence-electron chi connectivity index (χ0n) is 18.1. The van der Waals surface area contributed by atoms with Gasteiger partial charge in [0.1, 0.15) is 5.82 Å². The third kappa shape index (κ3) is 4.59. The van der Waals surface area contributed by atoms with E-state index in [2.05, 4.69) is 15.7 Å². The minimum Gasteiger partial charge on any atom is -0.347 e. The minimum atomic E-state index is -0.266. The molecule has 0 bridgehead atoms. The van der Waals surface area contributed by atoms with Gasteiger partial charge in [-0.15, -0.1) is 0 Å². The summed E-state index contributed by atoms with van der Waals surface area (Å²) < 4.78 is 1.71. The molecule has 30 heavy (non-hydrogen) atoms. The first-order chi connectivity index (χ1) is 14.2. The van der Waals surface area contributed by atoms with Crippen molar-refractivity contribution < 1.29 is 9.59 Å². The summed E-state index contributed by atoms with van der Waals surface area (Å²) in [7, 11) is 0. The van der Waals surface area contributed by atoms with E-state index in [0.29, 0.717) is 11.4 Å². The van der Waals surface area contributed by atoms with Crippen LogP contribution in [0, 0.1) is 6.92 Å². The number of rotatable bonds is 6. The SMILES string of the molecule is CCC(C)(C)NC(=O)c1ccc(-n2nc(C)c(-c3ccccc3)c2NC(C)=O)cc1. The number of carbonyl (C=O) groups excluding carboxylic acids is 2. The van der Waals surface area contributed by atoms with Crippen molar-refractivity contribution in [2.45, 2.75) is 46.6 Å². The Morgan fingerprint density at radius 3 is 2.23 bits per heavy atom. The number of aryl methyl sites for hydroxylation is 1. The predicted molar refractivity (Wildman–Crippen MR) is 120 cm³/mol. The molecule has 0 atom stereocenters. The van der Waals surface area contributed by atoms with Gasteiger partial charge in [0.2, 0.25) is 5.91 Å². The molecule has 3 aromatic rings. The molecular weight excluding hydrogens is 376 g/mol. The predicted octanol–water partition coefficient (Wildman–Crippen LogP) is 4.72. The summed E-state index contributed by atoms with van der Waals surface area (Å²) in [6.07, 6.45) is 0.839. The van der Waals surface area contributed by atoms with Gasteiger partial charge in [0.05, 0.1) is 11.4 Å². The van der Waals surface area contributed by atoms with Gasteiger partial charge in [0, 0.05) is 23.6 Å². The van der Waals surface area contributed by atoms with Crippen molar-refractivity contribution in [3.63, 3.8) is 0 Å². The number of anilines is 1. The minimum absolute atomic E-state index is 0.114. The van der Waals surface area contributed by atoms with Crippen LogP contribution in [-0.2, 0) is 4.79 Å². The van der Waals surface area contributed by atoms with Crippen LogP contribution in [-0.4, -0.2) is 27.1 Å². The van der Waals surface area contributed by atoms with E-state index in [9.17, 15) is 9.59 Å². The standard InChI is InChI=1S/C24H28N4O2/c1-6-24(4,5)26-23(30)19-12-14-20(15-13-19)28-22(25-17(3)29)21(16(2)27-28)18-10-8-7-9-11-18/h7-15H,6H2,1-5H3,(H,25,29)(H,26,30). The van der Waals surface area contributed by atoms with E-state index < -0.39 is 0 Å². The van der Waals surface area contributed by atoms with Crippen LogP contribution in [0.3, 0.4) is 0 Å². The molecule has 0 aliphatic heterocycles. The zero-order chi connectivity index (χ0) is 21.9. The van der Waals surface area contributed by atoms with Crippen LogP contribution in [0.15, 0.2) is 54.6 Å². The lowest BCUT2D eigenvalue weighted by Gasteiger charge is -2.24. The van der Waals surface area contributed by atoms with Gasteiger partial charge in [-0.25, -0.2) is 4.68 Å². The van der Waals surface area contributed by atoms with Crippen LogP contribution in [0.1, 0.15) is 50.2 Å². The number of nitrogens with one attached hydrogen (secondary N) is 2. The Morgan fingerprint density at radius 1 is 1.03 bits per heavy atom. The van der Waals surface area contributed by atoms with Crippen LogP contribution in [0.4, 0.5) is 5.82 Å². The number of benzene rings is 2. The molecule has 0 fully saturated rings. The van der Waals surface area contributed by atoms with E-state index in [1.165, 1.54) is 6.92 Å². The molecule has 0 spiro atoms. The molecule has 0 aliphatic carbocycles. The molecule has 0 unspecified atom stereocenters. The van der Waals surface area contributed by atoms with Crippen molar-refractivity contribution in [3.05, 3.63) is 65.9 Å². The summed E-state index contributed by atoms with van der Waals surface area (Å²) in [5, 5.41) is 10.6. The van der Waals surface area contributed by atoms with Gasteiger partial charge in [0.15, 0.2) is 0 Å². The lowest BCUT2D eigenvalue weighted by atomic mass is 10.0. The Balaban J connectivity index is 2.00. The highest BCUT2D eigenvalue weighted by molar-refractivity contribution is 5.95. The Morgan fingerprint density at radius 2 is 1.67 bits per heavy atom.